The fourth-order valence-electron chi connectivity index (χ4n) is 4.27. The monoisotopic (exact) mass is 438 g/mol. The van der Waals surface area contributed by atoms with Crippen LogP contribution in [0.5, 0.6) is 0 Å². The summed E-state index contributed by atoms with van der Waals surface area (Å²) in [4.78, 5) is 8.62. The summed E-state index contributed by atoms with van der Waals surface area (Å²) in [5.74, 6) is 1.00. The maximum absolute atomic E-state index is 4.99. The highest BCUT2D eigenvalue weighted by Gasteiger charge is 2.22. The number of allylic oxidation sites excluding steroid dienone is 4. The van der Waals surface area contributed by atoms with E-state index in [-0.39, 0.29) is 0 Å². The molecule has 32 heavy (non-hydrogen) atoms. The van der Waals surface area contributed by atoms with Gasteiger partial charge in [0.05, 0.1) is 17.8 Å². The minimum absolute atomic E-state index is 1.00. The second-order valence-corrected chi connectivity index (χ2v) is 9.53. The van der Waals surface area contributed by atoms with Crippen molar-refractivity contribution in [3.63, 3.8) is 0 Å². The van der Waals surface area contributed by atoms with Crippen molar-refractivity contribution in [2.45, 2.75) is 31.1 Å². The molecule has 5 rings (SSSR count). The Morgan fingerprint density at radius 3 is 2.59 bits per heavy atom. The number of aromatic nitrogens is 2. The van der Waals surface area contributed by atoms with Crippen molar-refractivity contribution in [1.82, 2.24) is 4.98 Å². The Bertz CT molecular complexity index is 1250. The highest BCUT2D eigenvalue weighted by atomic mass is 32.2. The zero-order valence-corrected chi connectivity index (χ0v) is 19.7. The van der Waals surface area contributed by atoms with Crippen LogP contribution in [0.2, 0.25) is 0 Å². The molecular formula is C28H28N3S+. The van der Waals surface area contributed by atoms with E-state index in [4.69, 9.17) is 4.98 Å². The summed E-state index contributed by atoms with van der Waals surface area (Å²) in [5, 5.41) is 1.30. The van der Waals surface area contributed by atoms with Crippen molar-refractivity contribution in [3.8, 4) is 11.3 Å². The van der Waals surface area contributed by atoms with Crippen molar-refractivity contribution >= 4 is 23.5 Å². The van der Waals surface area contributed by atoms with Gasteiger partial charge in [0.15, 0.2) is 5.69 Å². The van der Waals surface area contributed by atoms with Crippen molar-refractivity contribution in [2.75, 3.05) is 11.9 Å². The third kappa shape index (κ3) is 4.15. The normalized spacial score (nSPS) is 18.2. The number of hydrogen-bond acceptors (Lipinski definition) is 3. The summed E-state index contributed by atoms with van der Waals surface area (Å²) >= 11 is 1.86. The Morgan fingerprint density at radius 2 is 1.78 bits per heavy atom. The molecule has 0 saturated heterocycles. The number of rotatable bonds is 3. The van der Waals surface area contributed by atoms with Crippen LogP contribution in [0.3, 0.4) is 0 Å². The van der Waals surface area contributed by atoms with E-state index in [2.05, 4.69) is 103 Å². The van der Waals surface area contributed by atoms with Crippen LogP contribution < -0.4 is 9.47 Å². The average Bonchev–Trinajstić information content (AvgIpc) is 3.13. The molecule has 0 unspecified atom stereocenters. The Hall–Kier alpha value is -3.11. The van der Waals surface area contributed by atoms with Crippen LogP contribution >= 0.6 is 11.8 Å². The summed E-state index contributed by atoms with van der Waals surface area (Å²) in [6, 6.07) is 21.2. The molecule has 0 radical (unpaired) electrons. The van der Waals surface area contributed by atoms with Gasteiger partial charge in [-0.1, -0.05) is 60.3 Å². The van der Waals surface area contributed by atoms with Gasteiger partial charge in [0.25, 0.3) is 0 Å². The Labute approximate surface area is 194 Å². The smallest absolute Gasteiger partial charge is 0.323 e. The van der Waals surface area contributed by atoms with Crippen LogP contribution in [-0.4, -0.2) is 12.0 Å². The predicted octanol–water partition coefficient (Wildman–Crippen LogP) is 6.46. The molecule has 2 heterocycles. The van der Waals surface area contributed by atoms with E-state index in [1.807, 2.05) is 17.8 Å². The summed E-state index contributed by atoms with van der Waals surface area (Å²) in [6.07, 6.45) is 10.4. The van der Waals surface area contributed by atoms with Crippen LogP contribution in [0.4, 0.5) is 5.69 Å². The van der Waals surface area contributed by atoms with Crippen LogP contribution in [-0.2, 0) is 7.05 Å². The topological polar surface area (TPSA) is 20.0 Å². The molecule has 3 nitrogen and oxygen atoms in total. The van der Waals surface area contributed by atoms with Gasteiger partial charge in [-0.2, -0.15) is 0 Å². The first-order chi connectivity index (χ1) is 15.6. The minimum atomic E-state index is 1.00. The highest BCUT2D eigenvalue weighted by Crippen LogP contribution is 2.45. The van der Waals surface area contributed by atoms with E-state index in [1.54, 1.807) is 0 Å². The van der Waals surface area contributed by atoms with E-state index < -0.39 is 0 Å². The van der Waals surface area contributed by atoms with Gasteiger partial charge in [-0.15, -0.1) is 0 Å². The summed E-state index contributed by atoms with van der Waals surface area (Å²) in [5.41, 5.74) is 7.41. The molecule has 0 atom stereocenters. The number of benzene rings is 2. The predicted molar refractivity (Wildman–Crippen MR) is 134 cm³/mol. The first kappa shape index (κ1) is 20.8. The zero-order chi connectivity index (χ0) is 22.1. The molecule has 1 aliphatic carbocycles. The number of aryl methyl sites for hydroxylation is 1. The van der Waals surface area contributed by atoms with Gasteiger partial charge in [-0.05, 0) is 60.5 Å². The molecule has 1 aromatic heterocycles. The second-order valence-electron chi connectivity index (χ2n) is 8.47. The summed E-state index contributed by atoms with van der Waals surface area (Å²) < 4.78 is 2.18. The molecule has 0 saturated carbocycles. The lowest BCUT2D eigenvalue weighted by Crippen LogP contribution is -2.37. The summed E-state index contributed by atoms with van der Waals surface area (Å²) in [7, 11) is 4.26. The molecule has 0 N–H and O–H groups in total. The van der Waals surface area contributed by atoms with Crippen LogP contribution in [0.15, 0.2) is 93.9 Å². The molecule has 3 aromatic rings. The van der Waals surface area contributed by atoms with E-state index in [9.17, 15) is 0 Å². The van der Waals surface area contributed by atoms with Gasteiger partial charge < -0.3 is 4.90 Å². The molecule has 0 fully saturated rings. The lowest BCUT2D eigenvalue weighted by Gasteiger charge is -2.16. The van der Waals surface area contributed by atoms with Gasteiger partial charge in [-0.25, -0.2) is 4.57 Å². The van der Waals surface area contributed by atoms with Crippen molar-refractivity contribution in [1.29, 1.82) is 0 Å². The van der Waals surface area contributed by atoms with E-state index in [0.29, 0.717) is 0 Å². The number of para-hydroxylation sites is 1. The van der Waals surface area contributed by atoms with E-state index in [1.165, 1.54) is 38.9 Å². The second kappa shape index (κ2) is 8.79. The fourth-order valence-corrected chi connectivity index (χ4v) is 5.40. The Morgan fingerprint density at radius 1 is 1.00 bits per heavy atom. The minimum Gasteiger partial charge on any atom is -0.338 e. The maximum atomic E-state index is 4.99. The van der Waals surface area contributed by atoms with Gasteiger partial charge in [-0.3, -0.25) is 0 Å². The molecule has 2 aromatic carbocycles. The number of fused-ring (bicyclic) bond motifs is 1. The van der Waals surface area contributed by atoms with Crippen LogP contribution in [0.1, 0.15) is 30.8 Å². The molecule has 4 heteroatoms. The van der Waals surface area contributed by atoms with Crippen LogP contribution in [0, 0.1) is 6.92 Å². The summed E-state index contributed by atoms with van der Waals surface area (Å²) in [6.45, 7) is 2.15. The third-order valence-corrected chi connectivity index (χ3v) is 7.39. The number of hydrogen-bond donors (Lipinski definition) is 0. The molecule has 0 spiro atoms. The number of nitrogens with zero attached hydrogens (tertiary/aromatic N) is 3. The van der Waals surface area contributed by atoms with Gasteiger partial charge in [0.1, 0.15) is 5.69 Å². The first-order valence-corrected chi connectivity index (χ1v) is 12.0. The van der Waals surface area contributed by atoms with Gasteiger partial charge in [0.2, 0.25) is 0 Å². The molecular weight excluding hydrogens is 410 g/mol. The molecule has 0 bridgehead atoms. The van der Waals surface area contributed by atoms with Crippen molar-refractivity contribution < 1.29 is 4.57 Å². The Kier molecular flexibility index (Phi) is 5.71. The SMILES string of the molecule is Cc1cc(-c2ccccc2)nc(C=C2C=C(C=C3Sc4ccccc4N3C)CCC2)[n+]1C. The van der Waals surface area contributed by atoms with Crippen LogP contribution in [0.25, 0.3) is 17.3 Å². The zero-order valence-electron chi connectivity index (χ0n) is 18.9. The van der Waals surface area contributed by atoms with Crippen molar-refractivity contribution in [2.24, 2.45) is 7.05 Å². The maximum Gasteiger partial charge on any atom is 0.323 e. The highest BCUT2D eigenvalue weighted by molar-refractivity contribution is 8.03. The molecule has 0 amide bonds. The fraction of sp³-hybridized carbons (Fsp3) is 0.214. The van der Waals surface area contributed by atoms with Gasteiger partial charge >= 0.3 is 5.82 Å². The van der Waals surface area contributed by atoms with E-state index >= 15 is 0 Å². The quantitative estimate of drug-likeness (QED) is 0.438. The molecule has 160 valence electrons. The standard InChI is InChI=1S/C28H28N3S/c1-20-16-24(23-12-5-4-6-13-23)29-27(30(20)2)18-21-10-9-11-22(17-21)19-28-31(3)25-14-7-8-15-26(25)32-28/h4-8,12-19H,9-11H2,1-3H3/q+1. The largest absolute Gasteiger partial charge is 0.338 e. The lowest BCUT2D eigenvalue weighted by molar-refractivity contribution is -0.682. The average molecular weight is 439 g/mol. The Balaban J connectivity index is 1.46. The van der Waals surface area contributed by atoms with Crippen molar-refractivity contribution in [3.05, 3.63) is 101 Å². The van der Waals surface area contributed by atoms with E-state index in [0.717, 1.165) is 29.9 Å². The third-order valence-electron chi connectivity index (χ3n) is 6.22. The molecule has 1 aliphatic heterocycles. The lowest BCUT2D eigenvalue weighted by atomic mass is 9.94. The van der Waals surface area contributed by atoms with Gasteiger partial charge in [0, 0.05) is 29.6 Å². The first-order valence-electron chi connectivity index (χ1n) is 11.1. The molecule has 2 aliphatic rings. The number of anilines is 1. The number of thioether (sulfide) groups is 1.